The molecular weight excluding hydrogens is 348 g/mol. The molecule has 2 unspecified atom stereocenters. The molecule has 0 aliphatic rings. The maximum absolute atomic E-state index is 11.2. The molecule has 0 amide bonds. The van der Waals surface area contributed by atoms with Gasteiger partial charge in [-0.15, -0.1) is 5.10 Å². The number of aliphatic hydroxyl groups excluding tert-OH is 1. The fourth-order valence-electron chi connectivity index (χ4n) is 4.21. The fraction of sp³-hybridized carbons (Fsp3) is 0.217. The van der Waals surface area contributed by atoms with Crippen molar-refractivity contribution in [3.8, 4) is 0 Å². The van der Waals surface area contributed by atoms with Crippen LogP contribution in [-0.4, -0.2) is 30.8 Å². The van der Waals surface area contributed by atoms with Crippen LogP contribution in [0.2, 0.25) is 0 Å². The summed E-state index contributed by atoms with van der Waals surface area (Å²) in [6.07, 6.45) is 0.604. The van der Waals surface area contributed by atoms with Gasteiger partial charge in [0, 0.05) is 10.8 Å². The molecule has 0 saturated heterocycles. The van der Waals surface area contributed by atoms with Gasteiger partial charge >= 0.3 is 0 Å². The van der Waals surface area contributed by atoms with Crippen LogP contribution >= 0.6 is 0 Å². The first kappa shape index (κ1) is 17.0. The Balaban J connectivity index is 1.85. The highest BCUT2D eigenvalue weighted by atomic mass is 16.3. The van der Waals surface area contributed by atoms with Crippen LogP contribution in [0.25, 0.3) is 32.8 Å². The summed E-state index contributed by atoms with van der Waals surface area (Å²) >= 11 is 0. The van der Waals surface area contributed by atoms with Crippen LogP contribution < -0.4 is 0 Å². The molecule has 1 N–H and O–H groups in total. The molecule has 0 spiro atoms. The van der Waals surface area contributed by atoms with Gasteiger partial charge in [0.25, 0.3) is 0 Å². The molecule has 5 rings (SSSR count). The molecule has 0 aliphatic heterocycles. The second-order valence-corrected chi connectivity index (χ2v) is 7.20. The van der Waals surface area contributed by atoms with Gasteiger partial charge in [-0.1, -0.05) is 67.1 Å². The molecule has 5 heteroatoms. The quantitative estimate of drug-likeness (QED) is 0.486. The molecule has 0 fully saturated rings. The monoisotopic (exact) mass is 370 g/mol. The lowest BCUT2D eigenvalue weighted by atomic mass is 10.1. The highest BCUT2D eigenvalue weighted by Crippen LogP contribution is 2.34. The van der Waals surface area contributed by atoms with E-state index in [1.807, 2.05) is 41.1 Å². The largest absolute Gasteiger partial charge is 0.389 e. The molecule has 3 aromatic carbocycles. The Hall–Kier alpha value is -3.18. The van der Waals surface area contributed by atoms with Gasteiger partial charge in [-0.25, -0.2) is 4.68 Å². The van der Waals surface area contributed by atoms with Crippen molar-refractivity contribution in [3.05, 3.63) is 72.8 Å². The summed E-state index contributed by atoms with van der Waals surface area (Å²) in [5, 5.41) is 22.4. The first-order chi connectivity index (χ1) is 13.8. The maximum Gasteiger partial charge on any atom is 0.155 e. The van der Waals surface area contributed by atoms with Crippen molar-refractivity contribution in [2.24, 2.45) is 0 Å². The zero-order valence-corrected chi connectivity index (χ0v) is 15.7. The van der Waals surface area contributed by atoms with Crippen LogP contribution in [0, 0.1) is 0 Å². The van der Waals surface area contributed by atoms with Gasteiger partial charge in [0.05, 0.1) is 22.7 Å². The van der Waals surface area contributed by atoms with Gasteiger partial charge in [0.2, 0.25) is 0 Å². The SMILES string of the molecule is CCCC(O)C(n1nnc2ccccc21)n1c2ccccc2c2ccccc21. The summed E-state index contributed by atoms with van der Waals surface area (Å²) in [6.45, 7) is 2.09. The second kappa shape index (κ2) is 6.77. The van der Waals surface area contributed by atoms with Gasteiger partial charge < -0.3 is 9.67 Å². The van der Waals surface area contributed by atoms with E-state index < -0.39 is 6.10 Å². The number of rotatable bonds is 5. The molecule has 0 saturated carbocycles. The number of hydrogen-bond donors (Lipinski definition) is 1. The first-order valence-electron chi connectivity index (χ1n) is 9.75. The van der Waals surface area contributed by atoms with E-state index in [0.717, 1.165) is 28.5 Å². The second-order valence-electron chi connectivity index (χ2n) is 7.20. The van der Waals surface area contributed by atoms with Gasteiger partial charge in [0.15, 0.2) is 6.17 Å². The summed E-state index contributed by atoms with van der Waals surface area (Å²) in [5.41, 5.74) is 3.92. The molecule has 0 bridgehead atoms. The molecule has 0 radical (unpaired) electrons. The maximum atomic E-state index is 11.2. The zero-order valence-electron chi connectivity index (χ0n) is 15.7. The van der Waals surface area contributed by atoms with Crippen molar-refractivity contribution in [1.82, 2.24) is 19.6 Å². The predicted molar refractivity (Wildman–Crippen MR) is 112 cm³/mol. The lowest BCUT2D eigenvalue weighted by Gasteiger charge is -2.26. The highest BCUT2D eigenvalue weighted by molar-refractivity contribution is 6.08. The number of aliphatic hydroxyl groups is 1. The Bertz CT molecular complexity index is 1220. The molecule has 0 aliphatic carbocycles. The van der Waals surface area contributed by atoms with E-state index in [1.54, 1.807) is 0 Å². The fourth-order valence-corrected chi connectivity index (χ4v) is 4.21. The summed E-state index contributed by atoms with van der Waals surface area (Å²) < 4.78 is 4.08. The summed E-state index contributed by atoms with van der Waals surface area (Å²) in [6, 6.07) is 24.6. The topological polar surface area (TPSA) is 55.9 Å². The molecule has 28 heavy (non-hydrogen) atoms. The minimum atomic E-state index is -0.589. The van der Waals surface area contributed by atoms with Gasteiger partial charge in [0.1, 0.15) is 5.52 Å². The normalized spacial score (nSPS) is 14.1. The van der Waals surface area contributed by atoms with Crippen molar-refractivity contribution < 1.29 is 5.11 Å². The third kappa shape index (κ3) is 2.51. The Morgan fingerprint density at radius 2 is 1.39 bits per heavy atom. The molecule has 2 atom stereocenters. The van der Waals surface area contributed by atoms with Crippen LogP contribution in [0.15, 0.2) is 72.8 Å². The number of aromatic nitrogens is 4. The molecule has 5 aromatic rings. The van der Waals surface area contributed by atoms with Crippen LogP contribution in [0.1, 0.15) is 25.9 Å². The standard InChI is InChI=1S/C23H22N4O/c1-2-9-22(28)23(27-21-15-8-5-12-18(21)24-25-27)26-19-13-6-3-10-16(19)17-11-4-7-14-20(17)26/h3-8,10-15,22-23,28H,2,9H2,1H3. The Labute approximate surface area is 162 Å². The first-order valence-corrected chi connectivity index (χ1v) is 9.75. The number of fused-ring (bicyclic) bond motifs is 4. The number of benzene rings is 3. The summed E-state index contributed by atoms with van der Waals surface area (Å²) in [7, 11) is 0. The van der Waals surface area contributed by atoms with Crippen molar-refractivity contribution in [2.45, 2.75) is 32.0 Å². The van der Waals surface area contributed by atoms with Crippen molar-refractivity contribution >= 4 is 32.8 Å². The zero-order chi connectivity index (χ0) is 19.1. The summed E-state index contributed by atoms with van der Waals surface area (Å²) in [4.78, 5) is 0. The average molecular weight is 370 g/mol. The number of para-hydroxylation sites is 3. The lowest BCUT2D eigenvalue weighted by Crippen LogP contribution is -2.31. The Morgan fingerprint density at radius 1 is 0.821 bits per heavy atom. The number of nitrogens with zero attached hydrogens (tertiary/aromatic N) is 4. The third-order valence-electron chi connectivity index (χ3n) is 5.44. The number of hydrogen-bond acceptors (Lipinski definition) is 3. The van der Waals surface area contributed by atoms with E-state index in [9.17, 15) is 5.11 Å². The van der Waals surface area contributed by atoms with E-state index >= 15 is 0 Å². The predicted octanol–water partition coefficient (Wildman–Crippen LogP) is 4.75. The van der Waals surface area contributed by atoms with Crippen molar-refractivity contribution in [2.75, 3.05) is 0 Å². The average Bonchev–Trinajstić information content (AvgIpc) is 3.30. The molecule has 5 nitrogen and oxygen atoms in total. The van der Waals surface area contributed by atoms with Crippen LogP contribution in [0.3, 0.4) is 0 Å². The molecular formula is C23H22N4O. The molecule has 2 aromatic heterocycles. The van der Waals surface area contributed by atoms with Crippen LogP contribution in [-0.2, 0) is 0 Å². The molecule has 140 valence electrons. The smallest absolute Gasteiger partial charge is 0.155 e. The minimum absolute atomic E-state index is 0.378. The minimum Gasteiger partial charge on any atom is -0.389 e. The van der Waals surface area contributed by atoms with E-state index in [0.29, 0.717) is 6.42 Å². The van der Waals surface area contributed by atoms with Crippen molar-refractivity contribution in [3.63, 3.8) is 0 Å². The van der Waals surface area contributed by atoms with E-state index in [2.05, 4.69) is 58.2 Å². The van der Waals surface area contributed by atoms with Gasteiger partial charge in [-0.3, -0.25) is 0 Å². The van der Waals surface area contributed by atoms with Gasteiger partial charge in [-0.05, 0) is 30.7 Å². The Kier molecular flexibility index (Phi) is 4.10. The Morgan fingerprint density at radius 3 is 2.04 bits per heavy atom. The van der Waals surface area contributed by atoms with Crippen LogP contribution in [0.5, 0.6) is 0 Å². The highest BCUT2D eigenvalue weighted by Gasteiger charge is 2.28. The van der Waals surface area contributed by atoms with E-state index in [4.69, 9.17) is 0 Å². The summed E-state index contributed by atoms with van der Waals surface area (Å²) in [5.74, 6) is 0. The van der Waals surface area contributed by atoms with E-state index in [-0.39, 0.29) is 6.17 Å². The lowest BCUT2D eigenvalue weighted by molar-refractivity contribution is 0.0867. The molecule has 2 heterocycles. The van der Waals surface area contributed by atoms with Crippen molar-refractivity contribution in [1.29, 1.82) is 0 Å². The van der Waals surface area contributed by atoms with E-state index in [1.165, 1.54) is 10.8 Å². The third-order valence-corrected chi connectivity index (χ3v) is 5.44. The van der Waals surface area contributed by atoms with Gasteiger partial charge in [-0.2, -0.15) is 0 Å². The van der Waals surface area contributed by atoms with Crippen LogP contribution in [0.4, 0.5) is 0 Å².